The van der Waals surface area contributed by atoms with E-state index < -0.39 is 0 Å². The van der Waals surface area contributed by atoms with Gasteiger partial charge in [-0.3, -0.25) is 14.7 Å². The van der Waals surface area contributed by atoms with Crippen molar-refractivity contribution >= 4 is 11.7 Å². The number of aromatic nitrogens is 3. The van der Waals surface area contributed by atoms with Gasteiger partial charge in [0.1, 0.15) is 12.1 Å². The maximum absolute atomic E-state index is 13.0. The molecule has 2 aromatic heterocycles. The Balaban J connectivity index is 1.06. The van der Waals surface area contributed by atoms with E-state index in [1.165, 1.54) is 37.7 Å². The molecule has 4 bridgehead atoms. The third kappa shape index (κ3) is 4.42. The Kier molecular flexibility index (Phi) is 5.97. The van der Waals surface area contributed by atoms with Gasteiger partial charge < -0.3 is 10.2 Å². The summed E-state index contributed by atoms with van der Waals surface area (Å²) in [4.78, 5) is 30.2. The fraction of sp³-hybridized carbons (Fsp3) is 0.630. The molecule has 7 rings (SSSR count). The van der Waals surface area contributed by atoms with Crippen LogP contribution in [-0.2, 0) is 24.3 Å². The van der Waals surface area contributed by atoms with Crippen LogP contribution in [0.5, 0.6) is 0 Å². The molecule has 0 radical (unpaired) electrons. The Hall–Kier alpha value is -2.54. The van der Waals surface area contributed by atoms with Gasteiger partial charge in [0.05, 0.1) is 18.8 Å². The van der Waals surface area contributed by atoms with E-state index >= 15 is 0 Å². The summed E-state index contributed by atoms with van der Waals surface area (Å²) in [6.07, 6.45) is 13.4. The molecule has 0 unspecified atom stereocenters. The number of carbonyl (C=O) groups excluding carboxylic acids is 1. The van der Waals surface area contributed by atoms with Gasteiger partial charge in [-0.25, -0.2) is 9.97 Å². The molecule has 4 fully saturated rings. The molecule has 180 valence electrons. The lowest BCUT2D eigenvalue weighted by Crippen LogP contribution is -2.47. The molecule has 5 aliphatic rings. The number of nitrogens with one attached hydrogen (secondary N) is 1. The van der Waals surface area contributed by atoms with Crippen molar-refractivity contribution in [3.8, 4) is 0 Å². The fourth-order valence-electron chi connectivity index (χ4n) is 7.49. The number of likely N-dealkylation sites (N-methyl/N-ethyl adjacent to an activating group) is 1. The minimum atomic E-state index is 0.156. The van der Waals surface area contributed by atoms with Gasteiger partial charge >= 0.3 is 0 Å². The first-order valence-electron chi connectivity index (χ1n) is 13.0. The standard InChI is InChI=1S/C27H36N6O/c1-32(14-18-2-5-28-6-3-18)16-26(34)33-7-4-23-25(15-33)30-17-31-27(23)29-13-24-21-9-19-8-20(11-21)12-22(24)10-19/h2-3,5-6,17,19-22,24H,4,7-16H2,1H3,(H,29,30,31). The van der Waals surface area contributed by atoms with E-state index in [1.54, 1.807) is 18.7 Å². The van der Waals surface area contributed by atoms with Crippen molar-refractivity contribution in [2.75, 3.05) is 32.0 Å². The first-order valence-corrected chi connectivity index (χ1v) is 13.0. The number of rotatable bonds is 7. The summed E-state index contributed by atoms with van der Waals surface area (Å²) in [5, 5.41) is 3.74. The van der Waals surface area contributed by atoms with Gasteiger partial charge in [0.15, 0.2) is 0 Å². The summed E-state index contributed by atoms with van der Waals surface area (Å²) in [6, 6.07) is 3.99. The van der Waals surface area contributed by atoms with Crippen molar-refractivity contribution in [3.05, 3.63) is 47.7 Å². The summed E-state index contributed by atoms with van der Waals surface area (Å²) >= 11 is 0. The van der Waals surface area contributed by atoms with Gasteiger partial charge in [0.25, 0.3) is 0 Å². The minimum Gasteiger partial charge on any atom is -0.369 e. The number of fused-ring (bicyclic) bond motifs is 1. The second kappa shape index (κ2) is 9.25. The maximum Gasteiger partial charge on any atom is 0.237 e. The highest BCUT2D eigenvalue weighted by molar-refractivity contribution is 5.78. The Bertz CT molecular complexity index is 999. The smallest absolute Gasteiger partial charge is 0.237 e. The summed E-state index contributed by atoms with van der Waals surface area (Å²) in [5.41, 5.74) is 3.37. The molecule has 0 aromatic carbocycles. The molecule has 1 N–H and O–H groups in total. The molecule has 7 nitrogen and oxygen atoms in total. The van der Waals surface area contributed by atoms with Crippen LogP contribution in [-0.4, -0.2) is 57.3 Å². The van der Waals surface area contributed by atoms with Gasteiger partial charge in [-0.2, -0.15) is 0 Å². The van der Waals surface area contributed by atoms with Gasteiger partial charge in [-0.15, -0.1) is 0 Å². The van der Waals surface area contributed by atoms with Crippen LogP contribution in [0.25, 0.3) is 0 Å². The van der Waals surface area contributed by atoms with E-state index in [-0.39, 0.29) is 5.91 Å². The third-order valence-electron chi connectivity index (χ3n) is 8.89. The van der Waals surface area contributed by atoms with Gasteiger partial charge in [0.2, 0.25) is 5.91 Å². The van der Waals surface area contributed by atoms with E-state index in [9.17, 15) is 4.79 Å². The van der Waals surface area contributed by atoms with Gasteiger partial charge in [-0.05, 0) is 92.9 Å². The highest BCUT2D eigenvalue weighted by Crippen LogP contribution is 2.56. The molecule has 4 saturated carbocycles. The van der Waals surface area contributed by atoms with Crippen LogP contribution < -0.4 is 5.32 Å². The van der Waals surface area contributed by atoms with Crippen LogP contribution in [0.15, 0.2) is 30.9 Å². The quantitative estimate of drug-likeness (QED) is 0.683. The monoisotopic (exact) mass is 460 g/mol. The van der Waals surface area contributed by atoms with Crippen LogP contribution in [0, 0.1) is 29.6 Å². The van der Waals surface area contributed by atoms with Crippen molar-refractivity contribution in [1.29, 1.82) is 0 Å². The Morgan fingerprint density at radius 3 is 2.56 bits per heavy atom. The number of anilines is 1. The fourth-order valence-corrected chi connectivity index (χ4v) is 7.49. The van der Waals surface area contributed by atoms with Gasteiger partial charge in [-0.1, -0.05) is 0 Å². The Morgan fingerprint density at radius 1 is 1.09 bits per heavy atom. The molecule has 4 aliphatic carbocycles. The SMILES string of the molecule is CN(CC(=O)N1CCc2c(ncnc2NCC2C3CC4CC(C3)CC2C4)C1)Cc1ccncc1. The maximum atomic E-state index is 13.0. The van der Waals surface area contributed by atoms with Crippen LogP contribution in [0.2, 0.25) is 0 Å². The van der Waals surface area contributed by atoms with Crippen molar-refractivity contribution in [2.24, 2.45) is 29.6 Å². The summed E-state index contributed by atoms with van der Waals surface area (Å²) in [6.45, 7) is 3.49. The molecule has 34 heavy (non-hydrogen) atoms. The second-order valence-corrected chi connectivity index (χ2v) is 11.2. The van der Waals surface area contributed by atoms with Crippen molar-refractivity contribution < 1.29 is 4.79 Å². The molecule has 1 aliphatic heterocycles. The molecule has 0 saturated heterocycles. The van der Waals surface area contributed by atoms with Crippen molar-refractivity contribution in [2.45, 2.75) is 51.6 Å². The van der Waals surface area contributed by atoms with Crippen molar-refractivity contribution in [1.82, 2.24) is 24.8 Å². The van der Waals surface area contributed by atoms with Crippen LogP contribution in [0.4, 0.5) is 5.82 Å². The summed E-state index contributed by atoms with van der Waals surface area (Å²) in [7, 11) is 1.99. The average molecular weight is 461 g/mol. The zero-order valence-electron chi connectivity index (χ0n) is 20.2. The number of amides is 1. The first kappa shape index (κ1) is 22.0. The Morgan fingerprint density at radius 2 is 1.82 bits per heavy atom. The molecular weight excluding hydrogens is 424 g/mol. The number of hydrogen-bond acceptors (Lipinski definition) is 6. The summed E-state index contributed by atoms with van der Waals surface area (Å²) in [5.74, 6) is 5.81. The van der Waals surface area contributed by atoms with E-state index in [0.717, 1.165) is 72.7 Å². The summed E-state index contributed by atoms with van der Waals surface area (Å²) < 4.78 is 0. The van der Waals surface area contributed by atoms with E-state index in [4.69, 9.17) is 0 Å². The zero-order valence-corrected chi connectivity index (χ0v) is 20.2. The largest absolute Gasteiger partial charge is 0.369 e. The van der Waals surface area contributed by atoms with Gasteiger partial charge in [0, 0.05) is 37.6 Å². The van der Waals surface area contributed by atoms with Crippen LogP contribution in [0.1, 0.15) is 48.9 Å². The van der Waals surface area contributed by atoms with E-state index in [0.29, 0.717) is 13.1 Å². The lowest BCUT2D eigenvalue weighted by Gasteiger charge is -2.54. The molecule has 0 atom stereocenters. The number of carbonyl (C=O) groups is 1. The first-order chi connectivity index (χ1) is 16.6. The van der Waals surface area contributed by atoms with Crippen molar-refractivity contribution in [3.63, 3.8) is 0 Å². The predicted molar refractivity (Wildman–Crippen MR) is 131 cm³/mol. The minimum absolute atomic E-state index is 0.156. The van der Waals surface area contributed by atoms with Crippen LogP contribution in [0.3, 0.4) is 0 Å². The molecule has 1 amide bonds. The highest BCUT2D eigenvalue weighted by Gasteiger charge is 2.47. The molecular formula is C27H36N6O. The number of hydrogen-bond donors (Lipinski definition) is 1. The van der Waals surface area contributed by atoms with E-state index in [2.05, 4.69) is 25.2 Å². The normalized spacial score (nSPS) is 29.4. The number of nitrogens with zero attached hydrogens (tertiary/aromatic N) is 5. The molecule has 7 heteroatoms. The second-order valence-electron chi connectivity index (χ2n) is 11.2. The average Bonchev–Trinajstić information content (AvgIpc) is 2.83. The zero-order chi connectivity index (χ0) is 23.1. The Labute approximate surface area is 202 Å². The third-order valence-corrected chi connectivity index (χ3v) is 8.89. The van der Waals surface area contributed by atoms with Crippen LogP contribution >= 0.6 is 0 Å². The molecule has 0 spiro atoms. The predicted octanol–water partition coefficient (Wildman–Crippen LogP) is 3.37. The number of pyridine rings is 1. The lowest BCUT2D eigenvalue weighted by molar-refractivity contribution is -0.133. The van der Waals surface area contributed by atoms with E-state index in [1.807, 2.05) is 24.1 Å². The molecule has 2 aromatic rings. The lowest BCUT2D eigenvalue weighted by atomic mass is 9.52. The molecule has 3 heterocycles. The highest BCUT2D eigenvalue weighted by atomic mass is 16.2. The topological polar surface area (TPSA) is 74.2 Å².